The molecular formula is C46H92N2O8S. The van der Waals surface area contributed by atoms with Gasteiger partial charge in [-0.1, -0.05) is 161 Å². The molecule has 0 aliphatic rings. The van der Waals surface area contributed by atoms with Gasteiger partial charge in [-0.2, -0.15) is 12.6 Å². The highest BCUT2D eigenvalue weighted by Gasteiger charge is 2.03. The van der Waals surface area contributed by atoms with Crippen molar-refractivity contribution in [1.29, 1.82) is 0 Å². The molecule has 0 aliphatic heterocycles. The van der Waals surface area contributed by atoms with Crippen LogP contribution in [0.4, 0.5) is 0 Å². The standard InChI is InChI=1S/C46H92N2O8S/c1-2-3-4-5-6-7-8-9-12-15-18-21-24-27-30-47-46(50)44-56-42-41-55-40-39-54-38-37-53-36-35-52-34-33-51-32-31-48-45(49)29-26-23-20-17-14-11-10-13-16-19-22-25-28-43-57/h57H,2-44H2,1H3,(H,47,50)(H,48,49). The van der Waals surface area contributed by atoms with E-state index in [9.17, 15) is 9.59 Å². The van der Waals surface area contributed by atoms with Crippen LogP contribution >= 0.6 is 12.6 Å². The molecule has 0 atom stereocenters. The van der Waals surface area contributed by atoms with E-state index in [0.29, 0.717) is 85.6 Å². The molecule has 0 rings (SSSR count). The summed E-state index contributed by atoms with van der Waals surface area (Å²) in [6, 6.07) is 0. The first-order valence-electron chi connectivity index (χ1n) is 23.8. The van der Waals surface area contributed by atoms with Gasteiger partial charge in [0.2, 0.25) is 11.8 Å². The highest BCUT2D eigenvalue weighted by Crippen LogP contribution is 2.14. The molecule has 0 saturated carbocycles. The first kappa shape index (κ1) is 56.0. The minimum Gasteiger partial charge on any atom is -0.377 e. The number of amides is 2. The summed E-state index contributed by atoms with van der Waals surface area (Å²) >= 11 is 4.27. The first-order chi connectivity index (χ1) is 28.2. The molecule has 0 bridgehead atoms. The number of nitrogens with one attached hydrogen (secondary N) is 2. The fourth-order valence-electron chi connectivity index (χ4n) is 6.56. The molecule has 0 radical (unpaired) electrons. The summed E-state index contributed by atoms with van der Waals surface area (Å²) < 4.78 is 33.0. The van der Waals surface area contributed by atoms with Gasteiger partial charge in [-0.15, -0.1) is 0 Å². The molecule has 0 spiro atoms. The van der Waals surface area contributed by atoms with E-state index in [1.807, 2.05) is 0 Å². The van der Waals surface area contributed by atoms with Gasteiger partial charge >= 0.3 is 0 Å². The number of rotatable bonds is 50. The maximum Gasteiger partial charge on any atom is 0.245 e. The largest absolute Gasteiger partial charge is 0.377 e. The second-order valence-electron chi connectivity index (χ2n) is 15.5. The summed E-state index contributed by atoms with van der Waals surface area (Å²) in [5.41, 5.74) is 0. The van der Waals surface area contributed by atoms with Crippen LogP contribution in [0.5, 0.6) is 0 Å². The molecule has 0 aromatic rings. The highest BCUT2D eigenvalue weighted by molar-refractivity contribution is 7.80. The van der Waals surface area contributed by atoms with Gasteiger partial charge in [0, 0.05) is 19.5 Å². The summed E-state index contributed by atoms with van der Waals surface area (Å²) in [6.07, 6.45) is 36.0. The lowest BCUT2D eigenvalue weighted by Crippen LogP contribution is -2.29. The number of hydrogen-bond acceptors (Lipinski definition) is 9. The molecule has 57 heavy (non-hydrogen) atoms. The summed E-state index contributed by atoms with van der Waals surface area (Å²) in [7, 11) is 0. The van der Waals surface area contributed by atoms with Crippen LogP contribution in [-0.4, -0.2) is 110 Å². The van der Waals surface area contributed by atoms with Gasteiger partial charge in [0.15, 0.2) is 0 Å². The van der Waals surface area contributed by atoms with Gasteiger partial charge in [-0.25, -0.2) is 0 Å². The average molecular weight is 833 g/mol. The van der Waals surface area contributed by atoms with Crippen molar-refractivity contribution in [1.82, 2.24) is 10.6 Å². The Kier molecular flexibility index (Phi) is 50.3. The Bertz CT molecular complexity index is 798. The van der Waals surface area contributed by atoms with Crippen LogP contribution in [0.15, 0.2) is 0 Å². The SMILES string of the molecule is CCCCCCCCCCCCCCCCNC(=O)COCCOCCOCCOCCOCCOCCNC(=O)CCCCCCCCCCCCCCCS. The van der Waals surface area contributed by atoms with E-state index >= 15 is 0 Å². The monoisotopic (exact) mass is 833 g/mol. The zero-order chi connectivity index (χ0) is 41.2. The van der Waals surface area contributed by atoms with E-state index in [2.05, 4.69) is 30.2 Å². The van der Waals surface area contributed by atoms with E-state index in [-0.39, 0.29) is 18.4 Å². The van der Waals surface area contributed by atoms with Crippen molar-refractivity contribution in [2.24, 2.45) is 0 Å². The van der Waals surface area contributed by atoms with Crippen LogP contribution in [0.1, 0.15) is 187 Å². The zero-order valence-corrected chi connectivity index (χ0v) is 38.0. The Balaban J connectivity index is 3.19. The quantitative estimate of drug-likeness (QED) is 0.0410. The topological polar surface area (TPSA) is 114 Å². The molecular weight excluding hydrogens is 741 g/mol. The molecule has 11 heteroatoms. The van der Waals surface area contributed by atoms with E-state index in [1.165, 1.54) is 154 Å². The summed E-state index contributed by atoms with van der Waals surface area (Å²) in [6.45, 7) is 8.84. The molecule has 0 saturated heterocycles. The lowest BCUT2D eigenvalue weighted by atomic mass is 10.0. The van der Waals surface area contributed by atoms with E-state index in [0.717, 1.165) is 31.6 Å². The van der Waals surface area contributed by atoms with Gasteiger partial charge in [-0.05, 0) is 25.0 Å². The molecule has 0 fully saturated rings. The predicted molar refractivity (Wildman–Crippen MR) is 240 cm³/mol. The Morgan fingerprint density at radius 3 is 1.07 bits per heavy atom. The number of carbonyl (C=O) groups is 2. The molecule has 340 valence electrons. The van der Waals surface area contributed by atoms with Gasteiger partial charge in [0.1, 0.15) is 6.61 Å². The molecule has 0 unspecified atom stereocenters. The molecule has 0 heterocycles. The van der Waals surface area contributed by atoms with Gasteiger partial charge in [-0.3, -0.25) is 9.59 Å². The number of unbranched alkanes of at least 4 members (excludes halogenated alkanes) is 25. The van der Waals surface area contributed by atoms with Crippen LogP contribution in [0, 0.1) is 0 Å². The van der Waals surface area contributed by atoms with Gasteiger partial charge in [0.05, 0.1) is 72.7 Å². The van der Waals surface area contributed by atoms with Gasteiger partial charge < -0.3 is 39.1 Å². The lowest BCUT2D eigenvalue weighted by molar-refractivity contribution is -0.126. The lowest BCUT2D eigenvalue weighted by Gasteiger charge is -2.09. The summed E-state index contributed by atoms with van der Waals surface area (Å²) in [5, 5.41) is 5.88. The van der Waals surface area contributed by atoms with Crippen molar-refractivity contribution in [3.8, 4) is 0 Å². The van der Waals surface area contributed by atoms with Crippen molar-refractivity contribution in [2.45, 2.75) is 187 Å². The smallest absolute Gasteiger partial charge is 0.245 e. The van der Waals surface area contributed by atoms with Crippen LogP contribution in [-0.2, 0) is 38.0 Å². The van der Waals surface area contributed by atoms with E-state index in [4.69, 9.17) is 28.4 Å². The average Bonchev–Trinajstić information content (AvgIpc) is 3.21. The minimum absolute atomic E-state index is 0.0619. The van der Waals surface area contributed by atoms with E-state index in [1.54, 1.807) is 0 Å². The van der Waals surface area contributed by atoms with Crippen LogP contribution in [0.25, 0.3) is 0 Å². The zero-order valence-electron chi connectivity index (χ0n) is 37.1. The normalized spacial score (nSPS) is 11.4. The molecule has 2 N–H and O–H groups in total. The third-order valence-electron chi connectivity index (χ3n) is 10.1. The third-order valence-corrected chi connectivity index (χ3v) is 10.4. The Hall–Kier alpha value is -0.950. The molecule has 0 aliphatic carbocycles. The van der Waals surface area contributed by atoms with Crippen LogP contribution in [0.3, 0.4) is 0 Å². The number of thiol groups is 1. The maximum atomic E-state index is 12.0. The Labute approximate surface area is 356 Å². The van der Waals surface area contributed by atoms with Crippen molar-refractivity contribution >= 4 is 24.4 Å². The molecule has 10 nitrogen and oxygen atoms in total. The van der Waals surface area contributed by atoms with Gasteiger partial charge in [0.25, 0.3) is 0 Å². The van der Waals surface area contributed by atoms with E-state index < -0.39 is 0 Å². The minimum atomic E-state index is -0.0619. The second kappa shape index (κ2) is 51.2. The number of ether oxygens (including phenoxy) is 6. The fraction of sp³-hybridized carbons (Fsp3) is 0.957. The predicted octanol–water partition coefficient (Wildman–Crippen LogP) is 10.2. The summed E-state index contributed by atoms with van der Waals surface area (Å²) in [4.78, 5) is 23.9. The van der Waals surface area contributed by atoms with Crippen LogP contribution in [0.2, 0.25) is 0 Å². The van der Waals surface area contributed by atoms with Crippen molar-refractivity contribution in [3.05, 3.63) is 0 Å². The maximum absolute atomic E-state index is 12.0. The number of carbonyl (C=O) groups excluding carboxylic acids is 2. The second-order valence-corrected chi connectivity index (χ2v) is 15.9. The van der Waals surface area contributed by atoms with Crippen molar-refractivity contribution in [2.75, 3.05) is 98.1 Å². The number of hydrogen-bond donors (Lipinski definition) is 3. The van der Waals surface area contributed by atoms with Crippen molar-refractivity contribution in [3.63, 3.8) is 0 Å². The van der Waals surface area contributed by atoms with Crippen LogP contribution < -0.4 is 10.6 Å². The summed E-state index contributed by atoms with van der Waals surface area (Å²) in [5.74, 6) is 1.08. The highest BCUT2D eigenvalue weighted by atomic mass is 32.1. The third kappa shape index (κ3) is 51.1. The first-order valence-corrected chi connectivity index (χ1v) is 24.4. The Morgan fingerprint density at radius 1 is 0.351 bits per heavy atom. The Morgan fingerprint density at radius 2 is 0.667 bits per heavy atom. The van der Waals surface area contributed by atoms with Crippen molar-refractivity contribution < 1.29 is 38.0 Å². The molecule has 2 amide bonds. The molecule has 0 aromatic carbocycles. The fourth-order valence-corrected chi connectivity index (χ4v) is 6.78. The molecule has 0 aromatic heterocycles.